The molecule has 0 N–H and O–H groups in total. The van der Waals surface area contributed by atoms with Crippen molar-refractivity contribution in [3.05, 3.63) is 58.1 Å². The summed E-state index contributed by atoms with van der Waals surface area (Å²) in [4.78, 5) is 24.3. The maximum atomic E-state index is 11.9. The zero-order chi connectivity index (χ0) is 18.0. The molecule has 1 heterocycles. The second-order valence-corrected chi connectivity index (χ2v) is 6.59. The van der Waals surface area contributed by atoms with Crippen LogP contribution in [0.15, 0.2) is 42.5 Å². The second kappa shape index (κ2) is 7.33. The Kier molecular flexibility index (Phi) is 5.16. The molecule has 2 aromatic carbocycles. The van der Waals surface area contributed by atoms with Crippen LogP contribution in [0.3, 0.4) is 0 Å². The average molecular weight is 379 g/mol. The first-order valence-electron chi connectivity index (χ1n) is 7.62. The summed E-state index contributed by atoms with van der Waals surface area (Å²) >= 11 is 12.0. The molecule has 3 rings (SSSR count). The molecule has 0 bridgehead atoms. The predicted molar refractivity (Wildman–Crippen MR) is 92.7 cm³/mol. The normalized spacial score (nSPS) is 17.0. The number of carboxylic acids is 1. The van der Waals surface area contributed by atoms with Crippen molar-refractivity contribution in [2.75, 3.05) is 11.4 Å². The highest BCUT2D eigenvalue weighted by Gasteiger charge is 2.31. The number of rotatable bonds is 5. The summed E-state index contributed by atoms with van der Waals surface area (Å²) in [6.07, 6.45) is -0.0321. The third-order valence-corrected chi connectivity index (χ3v) is 4.60. The zero-order valence-corrected chi connectivity index (χ0v) is 14.6. The van der Waals surface area contributed by atoms with Crippen molar-refractivity contribution in [3.63, 3.8) is 0 Å². The topological polar surface area (TPSA) is 69.7 Å². The summed E-state index contributed by atoms with van der Waals surface area (Å²) in [5.74, 6) is -1.58. The minimum atomic E-state index is -1.20. The lowest BCUT2D eigenvalue weighted by molar-refractivity contribution is -0.310. The summed E-state index contributed by atoms with van der Waals surface area (Å²) in [5.41, 5.74) is 1.44. The monoisotopic (exact) mass is 378 g/mol. The fourth-order valence-electron chi connectivity index (χ4n) is 2.64. The molecule has 1 saturated heterocycles. The number of benzene rings is 2. The van der Waals surface area contributed by atoms with Gasteiger partial charge in [0.1, 0.15) is 12.4 Å². The SMILES string of the molecule is O=C([O-])C1CC(=O)N(c2ccc(OCc3ccc(Cl)cc3Cl)cc2)C1. The molecule has 0 aromatic heterocycles. The van der Waals surface area contributed by atoms with Gasteiger partial charge in [-0.25, -0.2) is 0 Å². The Morgan fingerprint density at radius 1 is 1.20 bits per heavy atom. The van der Waals surface area contributed by atoms with Crippen LogP contribution in [0.1, 0.15) is 12.0 Å². The minimum Gasteiger partial charge on any atom is -0.550 e. The van der Waals surface area contributed by atoms with E-state index in [0.29, 0.717) is 21.5 Å². The second-order valence-electron chi connectivity index (χ2n) is 5.74. The Hall–Kier alpha value is -2.24. The number of ether oxygens (including phenoxy) is 1. The van der Waals surface area contributed by atoms with E-state index in [-0.39, 0.29) is 25.5 Å². The lowest BCUT2D eigenvalue weighted by Gasteiger charge is -2.17. The molecule has 130 valence electrons. The summed E-state index contributed by atoms with van der Waals surface area (Å²) in [7, 11) is 0. The standard InChI is InChI=1S/C18H15Cl2NO4/c19-13-2-1-11(16(20)8-13)10-25-15-5-3-14(4-6-15)21-9-12(18(23)24)7-17(21)22/h1-6,8,12H,7,9-10H2,(H,23,24)/p-1. The Labute approximate surface area is 154 Å². The third-order valence-electron chi connectivity index (χ3n) is 4.02. The summed E-state index contributed by atoms with van der Waals surface area (Å²) < 4.78 is 5.68. The molecular weight excluding hydrogens is 365 g/mol. The first-order valence-corrected chi connectivity index (χ1v) is 8.37. The molecule has 7 heteroatoms. The lowest BCUT2D eigenvalue weighted by Crippen LogP contribution is -2.33. The molecule has 0 saturated carbocycles. The van der Waals surface area contributed by atoms with Gasteiger partial charge in [0.05, 0.1) is 0 Å². The first-order chi connectivity index (χ1) is 11.9. The van der Waals surface area contributed by atoms with Gasteiger partial charge in [-0.1, -0.05) is 29.3 Å². The van der Waals surface area contributed by atoms with E-state index in [2.05, 4.69) is 0 Å². The van der Waals surface area contributed by atoms with Crippen LogP contribution in [-0.4, -0.2) is 18.4 Å². The van der Waals surface area contributed by atoms with Crippen molar-refractivity contribution >= 4 is 40.8 Å². The molecule has 5 nitrogen and oxygen atoms in total. The van der Waals surface area contributed by atoms with E-state index >= 15 is 0 Å². The van der Waals surface area contributed by atoms with Crippen LogP contribution < -0.4 is 14.7 Å². The van der Waals surface area contributed by atoms with Crippen molar-refractivity contribution < 1.29 is 19.4 Å². The third kappa shape index (κ3) is 4.06. The predicted octanol–water partition coefficient (Wildman–Crippen LogP) is 2.68. The Balaban J connectivity index is 1.64. The summed E-state index contributed by atoms with van der Waals surface area (Å²) in [6.45, 7) is 0.409. The number of carbonyl (C=O) groups is 2. The van der Waals surface area contributed by atoms with Gasteiger partial charge in [0.25, 0.3) is 0 Å². The lowest BCUT2D eigenvalue weighted by atomic mass is 10.1. The first kappa shape index (κ1) is 17.6. The van der Waals surface area contributed by atoms with Gasteiger partial charge in [0.2, 0.25) is 5.91 Å². The fourth-order valence-corrected chi connectivity index (χ4v) is 3.10. The van der Waals surface area contributed by atoms with Crippen molar-refractivity contribution in [1.29, 1.82) is 0 Å². The zero-order valence-electron chi connectivity index (χ0n) is 13.1. The molecule has 1 unspecified atom stereocenters. The Morgan fingerprint density at radius 3 is 2.52 bits per heavy atom. The van der Waals surface area contributed by atoms with Gasteiger partial charge in [0, 0.05) is 46.1 Å². The molecule has 0 spiro atoms. The number of carbonyl (C=O) groups excluding carboxylic acids is 2. The highest BCUT2D eigenvalue weighted by Crippen LogP contribution is 2.27. The molecule has 1 fully saturated rings. The van der Waals surface area contributed by atoms with Crippen LogP contribution >= 0.6 is 23.2 Å². The van der Waals surface area contributed by atoms with Crippen LogP contribution in [0, 0.1) is 5.92 Å². The van der Waals surface area contributed by atoms with Crippen molar-refractivity contribution in [1.82, 2.24) is 0 Å². The average Bonchev–Trinajstić information content (AvgIpc) is 2.97. The maximum Gasteiger partial charge on any atom is 0.227 e. The van der Waals surface area contributed by atoms with Crippen molar-refractivity contribution in [2.24, 2.45) is 5.92 Å². The molecular formula is C18H14Cl2NO4-. The molecule has 1 aliphatic rings. The quantitative estimate of drug-likeness (QED) is 0.801. The molecule has 2 aromatic rings. The van der Waals surface area contributed by atoms with Gasteiger partial charge in [-0.2, -0.15) is 0 Å². The number of anilines is 1. The molecule has 25 heavy (non-hydrogen) atoms. The van der Waals surface area contributed by atoms with Gasteiger partial charge in [0.15, 0.2) is 0 Å². The van der Waals surface area contributed by atoms with Crippen LogP contribution in [0.25, 0.3) is 0 Å². The molecule has 1 aliphatic heterocycles. The van der Waals surface area contributed by atoms with E-state index in [1.54, 1.807) is 42.5 Å². The van der Waals surface area contributed by atoms with E-state index in [4.69, 9.17) is 27.9 Å². The van der Waals surface area contributed by atoms with Crippen LogP contribution in [-0.2, 0) is 16.2 Å². The van der Waals surface area contributed by atoms with Gasteiger partial charge < -0.3 is 19.5 Å². The number of aliphatic carboxylic acids is 1. The number of amides is 1. The minimum absolute atomic E-state index is 0.0321. The highest BCUT2D eigenvalue weighted by molar-refractivity contribution is 6.35. The Morgan fingerprint density at radius 2 is 1.92 bits per heavy atom. The summed E-state index contributed by atoms with van der Waals surface area (Å²) in [6, 6.07) is 12.1. The van der Waals surface area contributed by atoms with Crippen LogP contribution in [0.5, 0.6) is 5.75 Å². The van der Waals surface area contributed by atoms with E-state index in [1.165, 1.54) is 4.90 Å². The van der Waals surface area contributed by atoms with Crippen molar-refractivity contribution in [3.8, 4) is 5.75 Å². The van der Waals surface area contributed by atoms with E-state index in [0.717, 1.165) is 5.56 Å². The number of carboxylic acid groups (broad SMARTS) is 1. The van der Waals surface area contributed by atoms with Crippen LogP contribution in [0.4, 0.5) is 5.69 Å². The van der Waals surface area contributed by atoms with Gasteiger partial charge >= 0.3 is 0 Å². The number of nitrogens with zero attached hydrogens (tertiary/aromatic N) is 1. The van der Waals surface area contributed by atoms with E-state index in [9.17, 15) is 14.7 Å². The smallest absolute Gasteiger partial charge is 0.227 e. The largest absolute Gasteiger partial charge is 0.550 e. The van der Waals surface area contributed by atoms with E-state index < -0.39 is 11.9 Å². The fraction of sp³-hybridized carbons (Fsp3) is 0.222. The number of halogens is 2. The van der Waals surface area contributed by atoms with E-state index in [1.807, 2.05) is 0 Å². The van der Waals surface area contributed by atoms with Crippen LogP contribution in [0.2, 0.25) is 10.0 Å². The maximum absolute atomic E-state index is 11.9. The molecule has 1 amide bonds. The summed E-state index contributed by atoms with van der Waals surface area (Å²) in [5, 5.41) is 12.0. The van der Waals surface area contributed by atoms with Crippen molar-refractivity contribution in [2.45, 2.75) is 13.0 Å². The Bertz CT molecular complexity index is 807. The molecule has 0 radical (unpaired) electrons. The van der Waals surface area contributed by atoms with Gasteiger partial charge in [-0.15, -0.1) is 0 Å². The molecule has 1 atom stereocenters. The molecule has 0 aliphatic carbocycles. The van der Waals surface area contributed by atoms with Gasteiger partial charge in [-0.3, -0.25) is 4.79 Å². The number of hydrogen-bond acceptors (Lipinski definition) is 4. The number of hydrogen-bond donors (Lipinski definition) is 0. The highest BCUT2D eigenvalue weighted by atomic mass is 35.5. The van der Waals surface area contributed by atoms with Gasteiger partial charge in [-0.05, 0) is 36.4 Å².